The molecule has 0 fully saturated rings. The van der Waals surface area contributed by atoms with Crippen LogP contribution in [0.2, 0.25) is 0 Å². The lowest BCUT2D eigenvalue weighted by molar-refractivity contribution is -0.159. The molecule has 4 aromatic rings. The van der Waals surface area contributed by atoms with Crippen molar-refractivity contribution in [2.24, 2.45) is 0 Å². The first kappa shape index (κ1) is 16.7. The Morgan fingerprint density at radius 2 is 2.07 bits per heavy atom. The first-order valence-corrected chi connectivity index (χ1v) is 7.51. The number of alkyl halides is 3. The van der Waals surface area contributed by atoms with Gasteiger partial charge in [-0.3, -0.25) is 9.78 Å². The monoisotopic (exact) mass is 374 g/mol. The molecular formula is C16H9F3N6O2. The van der Waals surface area contributed by atoms with Crippen molar-refractivity contribution in [1.82, 2.24) is 24.5 Å². The van der Waals surface area contributed by atoms with Gasteiger partial charge in [0.05, 0.1) is 11.9 Å². The molecule has 0 unspecified atom stereocenters. The minimum atomic E-state index is -4.72. The number of fused-ring (bicyclic) bond motifs is 1. The molecule has 0 aliphatic heterocycles. The van der Waals surface area contributed by atoms with Gasteiger partial charge in [0.2, 0.25) is 5.82 Å². The van der Waals surface area contributed by atoms with Crippen molar-refractivity contribution in [2.75, 3.05) is 5.32 Å². The van der Waals surface area contributed by atoms with Crippen molar-refractivity contribution in [3.8, 4) is 11.4 Å². The highest BCUT2D eigenvalue weighted by atomic mass is 19.4. The zero-order valence-corrected chi connectivity index (χ0v) is 13.3. The maximum atomic E-state index is 12.6. The van der Waals surface area contributed by atoms with Gasteiger partial charge in [0.15, 0.2) is 0 Å². The molecule has 0 spiro atoms. The summed E-state index contributed by atoms with van der Waals surface area (Å²) in [6, 6.07) is 6.29. The number of carbonyl (C=O) groups is 1. The molecule has 4 rings (SSSR count). The fraction of sp³-hybridized carbons (Fsp3) is 0.0625. The summed E-state index contributed by atoms with van der Waals surface area (Å²) in [5, 5.41) is 5.97. The van der Waals surface area contributed by atoms with Crippen molar-refractivity contribution in [3.05, 3.63) is 60.6 Å². The highest BCUT2D eigenvalue weighted by Gasteiger charge is 2.38. The summed E-state index contributed by atoms with van der Waals surface area (Å²) >= 11 is 0. The second-order valence-electron chi connectivity index (χ2n) is 5.42. The van der Waals surface area contributed by atoms with Crippen LogP contribution in [0.15, 0.2) is 53.6 Å². The minimum absolute atomic E-state index is 0.125. The first-order valence-electron chi connectivity index (χ1n) is 7.51. The zero-order chi connectivity index (χ0) is 19.0. The van der Waals surface area contributed by atoms with E-state index in [0.29, 0.717) is 11.3 Å². The van der Waals surface area contributed by atoms with Crippen LogP contribution in [0.25, 0.3) is 17.0 Å². The number of pyridine rings is 2. The van der Waals surface area contributed by atoms with E-state index in [1.807, 2.05) is 0 Å². The number of carbonyl (C=O) groups excluding carboxylic acids is 1. The third-order valence-electron chi connectivity index (χ3n) is 3.54. The lowest BCUT2D eigenvalue weighted by atomic mass is 10.2. The largest absolute Gasteiger partial charge is 0.471 e. The van der Waals surface area contributed by atoms with Gasteiger partial charge < -0.3 is 14.2 Å². The molecule has 8 nitrogen and oxygen atoms in total. The molecular weight excluding hydrogens is 365 g/mol. The molecule has 0 aliphatic carbocycles. The van der Waals surface area contributed by atoms with Crippen molar-refractivity contribution >= 4 is 17.2 Å². The number of nitrogens with one attached hydrogen (secondary N) is 1. The van der Waals surface area contributed by atoms with E-state index in [0.717, 1.165) is 0 Å². The molecule has 0 aliphatic rings. The number of imidazole rings is 1. The summed E-state index contributed by atoms with van der Waals surface area (Å²) < 4.78 is 43.5. The number of hydrogen-bond acceptors (Lipinski definition) is 6. The van der Waals surface area contributed by atoms with Gasteiger partial charge in [0.1, 0.15) is 11.3 Å². The molecule has 1 amide bonds. The average Bonchev–Trinajstić information content (AvgIpc) is 3.29. The second-order valence-corrected chi connectivity index (χ2v) is 5.42. The molecule has 4 aromatic heterocycles. The Labute approximate surface area is 148 Å². The Bertz CT molecular complexity index is 1120. The molecule has 1 N–H and O–H groups in total. The number of rotatable bonds is 3. The van der Waals surface area contributed by atoms with Crippen LogP contribution in [0, 0.1) is 0 Å². The van der Waals surface area contributed by atoms with E-state index in [1.165, 1.54) is 30.7 Å². The lowest BCUT2D eigenvalue weighted by Gasteiger charge is -2.00. The molecule has 0 saturated heterocycles. The van der Waals surface area contributed by atoms with Crippen molar-refractivity contribution in [2.45, 2.75) is 6.18 Å². The van der Waals surface area contributed by atoms with E-state index in [-0.39, 0.29) is 17.1 Å². The van der Waals surface area contributed by atoms with Gasteiger partial charge in [0.25, 0.3) is 5.91 Å². The van der Waals surface area contributed by atoms with Gasteiger partial charge in [-0.15, -0.1) is 0 Å². The van der Waals surface area contributed by atoms with E-state index < -0.39 is 18.0 Å². The maximum absolute atomic E-state index is 12.6. The predicted molar refractivity (Wildman–Crippen MR) is 85.7 cm³/mol. The molecule has 11 heteroatoms. The van der Waals surface area contributed by atoms with Gasteiger partial charge in [-0.2, -0.15) is 18.2 Å². The zero-order valence-electron chi connectivity index (χ0n) is 13.3. The van der Waals surface area contributed by atoms with Gasteiger partial charge in [0, 0.05) is 24.2 Å². The van der Waals surface area contributed by atoms with Crippen LogP contribution in [-0.2, 0) is 6.18 Å². The Hall–Kier alpha value is -3.76. The number of halogens is 3. The molecule has 0 bridgehead atoms. The Balaban J connectivity index is 1.62. The summed E-state index contributed by atoms with van der Waals surface area (Å²) in [5.41, 5.74) is 1.24. The molecule has 0 atom stereocenters. The maximum Gasteiger partial charge on any atom is 0.471 e. The molecule has 0 radical (unpaired) electrons. The van der Waals surface area contributed by atoms with Crippen molar-refractivity contribution in [3.63, 3.8) is 0 Å². The Kier molecular flexibility index (Phi) is 3.83. The van der Waals surface area contributed by atoms with E-state index in [1.54, 1.807) is 22.7 Å². The second kappa shape index (κ2) is 6.20. The fourth-order valence-electron chi connectivity index (χ4n) is 2.32. The molecule has 136 valence electrons. The Morgan fingerprint density at radius 1 is 1.22 bits per heavy atom. The predicted octanol–water partition coefficient (Wildman–Crippen LogP) is 3.05. The van der Waals surface area contributed by atoms with Gasteiger partial charge in [-0.25, -0.2) is 4.98 Å². The average molecular weight is 374 g/mol. The molecule has 27 heavy (non-hydrogen) atoms. The van der Waals surface area contributed by atoms with Gasteiger partial charge >= 0.3 is 12.1 Å². The number of nitrogens with zero attached hydrogens (tertiary/aromatic N) is 5. The van der Waals surface area contributed by atoms with E-state index in [9.17, 15) is 18.0 Å². The summed E-state index contributed by atoms with van der Waals surface area (Å²) in [4.78, 5) is 23.7. The standard InChI is InChI=1S/C16H9F3N6O2/c17-16(18,19)15-23-13(24-27-15)9-3-5-25-8-11(22-12(25)6-9)14(26)21-10-2-1-4-20-7-10/h1-8H,(H,21,26). The number of amides is 1. The van der Waals surface area contributed by atoms with Crippen LogP contribution in [0.3, 0.4) is 0 Å². The van der Waals surface area contributed by atoms with Crippen LogP contribution in [0.4, 0.5) is 18.9 Å². The summed E-state index contributed by atoms with van der Waals surface area (Å²) in [6.45, 7) is 0. The van der Waals surface area contributed by atoms with Crippen LogP contribution in [0.5, 0.6) is 0 Å². The normalized spacial score (nSPS) is 11.7. The summed E-state index contributed by atoms with van der Waals surface area (Å²) in [5.74, 6) is -2.11. The number of hydrogen-bond donors (Lipinski definition) is 1. The highest BCUT2D eigenvalue weighted by molar-refractivity contribution is 6.03. The smallest absolute Gasteiger partial charge is 0.329 e. The Morgan fingerprint density at radius 3 is 2.78 bits per heavy atom. The SMILES string of the molecule is O=C(Nc1cccnc1)c1cn2ccc(-c3noc(C(F)(F)F)n3)cc2n1. The third-order valence-corrected chi connectivity index (χ3v) is 3.54. The van der Waals surface area contributed by atoms with Crippen molar-refractivity contribution in [1.29, 1.82) is 0 Å². The van der Waals surface area contributed by atoms with Gasteiger partial charge in [-0.05, 0) is 24.3 Å². The molecule has 0 aromatic carbocycles. The molecule has 4 heterocycles. The first-order chi connectivity index (χ1) is 12.9. The van der Waals surface area contributed by atoms with E-state index >= 15 is 0 Å². The van der Waals surface area contributed by atoms with E-state index in [4.69, 9.17) is 0 Å². The number of aromatic nitrogens is 5. The lowest BCUT2D eigenvalue weighted by Crippen LogP contribution is -2.12. The van der Waals surface area contributed by atoms with Crippen molar-refractivity contribution < 1.29 is 22.5 Å². The summed E-state index contributed by atoms with van der Waals surface area (Å²) in [7, 11) is 0. The topological polar surface area (TPSA) is 98.2 Å². The quantitative estimate of drug-likeness (QED) is 0.592. The minimum Gasteiger partial charge on any atom is -0.329 e. The third kappa shape index (κ3) is 3.34. The molecule has 0 saturated carbocycles. The van der Waals surface area contributed by atoms with Crippen LogP contribution in [0.1, 0.15) is 16.4 Å². The van der Waals surface area contributed by atoms with Crippen LogP contribution in [-0.4, -0.2) is 30.4 Å². The van der Waals surface area contributed by atoms with Gasteiger partial charge in [-0.1, -0.05) is 5.16 Å². The van der Waals surface area contributed by atoms with Crippen LogP contribution < -0.4 is 5.32 Å². The summed E-state index contributed by atoms with van der Waals surface area (Å²) in [6.07, 6.45) is 1.36. The number of anilines is 1. The van der Waals surface area contributed by atoms with Crippen LogP contribution >= 0.6 is 0 Å². The highest BCUT2D eigenvalue weighted by Crippen LogP contribution is 2.29. The van der Waals surface area contributed by atoms with E-state index in [2.05, 4.69) is 29.9 Å². The fourth-order valence-corrected chi connectivity index (χ4v) is 2.32.